The van der Waals surface area contributed by atoms with E-state index < -0.39 is 12.2 Å². The zero-order chi connectivity index (χ0) is 34.2. The van der Waals surface area contributed by atoms with Crippen molar-refractivity contribution >= 4 is 63.3 Å². The van der Waals surface area contributed by atoms with Crippen LogP contribution in [0.2, 0.25) is 10.0 Å². The van der Waals surface area contributed by atoms with Crippen molar-refractivity contribution in [2.75, 3.05) is 26.2 Å². The molecule has 7 rings (SSSR count). The summed E-state index contributed by atoms with van der Waals surface area (Å²) in [6.45, 7) is 12.2. The van der Waals surface area contributed by atoms with Gasteiger partial charge in [-0.1, -0.05) is 57.3 Å². The van der Waals surface area contributed by atoms with Crippen LogP contribution in [0.1, 0.15) is 96.0 Å². The number of hydrogen-bond donors (Lipinski definition) is 5. The quantitative estimate of drug-likeness (QED) is 0.131. The molecular weight excluding hydrogens is 683 g/mol. The van der Waals surface area contributed by atoms with Gasteiger partial charge in [-0.05, 0) is 98.5 Å². The first-order chi connectivity index (χ1) is 22.9. The van der Waals surface area contributed by atoms with Crippen molar-refractivity contribution < 1.29 is 15.0 Å². The van der Waals surface area contributed by atoms with Gasteiger partial charge >= 0.3 is 0 Å². The Kier molecular flexibility index (Phi) is 11.9. The van der Waals surface area contributed by atoms with E-state index in [1.54, 1.807) is 12.4 Å². The zero-order valence-corrected chi connectivity index (χ0v) is 31.3. The Bertz CT molecular complexity index is 1720. The monoisotopic (exact) mass is 732 g/mol. The van der Waals surface area contributed by atoms with E-state index in [1.807, 2.05) is 29.2 Å². The number of rotatable bonds is 7. The molecule has 3 fully saturated rings. The summed E-state index contributed by atoms with van der Waals surface area (Å²) in [6.07, 6.45) is 9.59. The van der Waals surface area contributed by atoms with Crippen molar-refractivity contribution in [3.8, 4) is 0 Å². The summed E-state index contributed by atoms with van der Waals surface area (Å²) in [5.41, 5.74) is 2.84. The van der Waals surface area contributed by atoms with E-state index in [4.69, 9.17) is 23.2 Å². The van der Waals surface area contributed by atoms with Gasteiger partial charge in [-0.2, -0.15) is 10.2 Å². The first-order valence-corrected chi connectivity index (χ1v) is 18.2. The maximum absolute atomic E-state index is 12.5. The Morgan fingerprint density at radius 2 is 1.22 bits per heavy atom. The molecule has 1 saturated carbocycles. The number of H-pyrrole nitrogens is 2. The SMILES string of the molecule is CC(C)(C1CCN(C(=O)C2CCC2)CC1)[C@H](O)c1cc(Cl)cc2cn[nH]c12.CC(C)(C1CCNCC1)[C@H](O)c1cc(Cl)cc2cn[nH]c12.Cl. The normalized spacial score (nSPS) is 19.6. The van der Waals surface area contributed by atoms with E-state index in [9.17, 15) is 15.0 Å². The molecule has 0 bridgehead atoms. The first-order valence-electron chi connectivity index (χ1n) is 17.5. The van der Waals surface area contributed by atoms with E-state index in [2.05, 4.69) is 53.4 Å². The molecule has 2 saturated heterocycles. The van der Waals surface area contributed by atoms with Crippen molar-refractivity contribution in [3.05, 3.63) is 57.8 Å². The van der Waals surface area contributed by atoms with Gasteiger partial charge in [0, 0.05) is 51.0 Å². The highest BCUT2D eigenvalue weighted by molar-refractivity contribution is 6.31. The summed E-state index contributed by atoms with van der Waals surface area (Å²) in [7, 11) is 0. The number of aliphatic hydroxyl groups excluding tert-OH is 2. The molecule has 2 atom stereocenters. The molecule has 4 heterocycles. The largest absolute Gasteiger partial charge is 0.388 e. The second-order valence-corrected chi connectivity index (χ2v) is 16.2. The fourth-order valence-electron chi connectivity index (χ4n) is 8.10. The number of carbonyl (C=O) groups excluding carboxylic acids is 1. The van der Waals surface area contributed by atoms with Gasteiger partial charge in [-0.15, -0.1) is 12.4 Å². The summed E-state index contributed by atoms with van der Waals surface area (Å²) < 4.78 is 0. The molecule has 0 unspecified atom stereocenters. The molecule has 2 aliphatic heterocycles. The molecule has 1 amide bonds. The number of aromatic nitrogens is 4. The first kappa shape index (κ1) is 37.8. The van der Waals surface area contributed by atoms with Crippen molar-refractivity contribution in [1.82, 2.24) is 30.6 Å². The zero-order valence-electron chi connectivity index (χ0n) is 28.9. The lowest BCUT2D eigenvalue weighted by molar-refractivity contribution is -0.140. The van der Waals surface area contributed by atoms with Crippen molar-refractivity contribution in [2.24, 2.45) is 28.6 Å². The highest BCUT2D eigenvalue weighted by Gasteiger charge is 2.42. The standard InChI is InChI=1S/C21H28ClN3O2.C16H22ClN3O.ClH/c1-21(2,15-6-8-25(9-7-15)20(27)13-4-3-5-13)19(26)17-11-16(22)10-14-12-23-24-18(14)17;1-16(2,11-3-5-18-6-4-11)15(21)13-8-12(17)7-10-9-19-20-14(10)13;/h10-13,15,19,26H,3-9H2,1-2H3,(H,23,24);7-9,11,15,18,21H,3-6H2,1-2H3,(H,19,20);1H/t19-;15-;/m11./s1. The third-order valence-electron chi connectivity index (χ3n) is 11.8. The number of hydrogen-bond acceptors (Lipinski definition) is 6. The number of halogens is 3. The number of aliphatic hydroxyl groups is 2. The van der Waals surface area contributed by atoms with E-state index in [1.165, 1.54) is 6.42 Å². The molecule has 12 heteroatoms. The number of likely N-dealkylation sites (tertiary alicyclic amines) is 1. The van der Waals surface area contributed by atoms with Crippen LogP contribution in [0.25, 0.3) is 21.8 Å². The molecule has 1 aliphatic carbocycles. The van der Waals surface area contributed by atoms with Gasteiger partial charge < -0.3 is 20.4 Å². The molecule has 4 aromatic rings. The summed E-state index contributed by atoms with van der Waals surface area (Å²) in [4.78, 5) is 14.5. The van der Waals surface area contributed by atoms with E-state index in [0.717, 1.165) is 97.6 Å². The lowest BCUT2D eigenvalue weighted by Gasteiger charge is -2.44. The molecule has 2 aromatic carbocycles. The molecule has 2 aromatic heterocycles. The lowest BCUT2D eigenvalue weighted by atomic mass is 9.68. The maximum atomic E-state index is 12.5. The van der Waals surface area contributed by atoms with Gasteiger partial charge in [0.15, 0.2) is 0 Å². The topological polar surface area (TPSA) is 130 Å². The van der Waals surface area contributed by atoms with Crippen molar-refractivity contribution in [1.29, 1.82) is 0 Å². The second-order valence-electron chi connectivity index (χ2n) is 15.4. The van der Waals surface area contributed by atoms with Gasteiger partial charge in [0.05, 0.1) is 35.6 Å². The molecule has 49 heavy (non-hydrogen) atoms. The number of fused-ring (bicyclic) bond motifs is 2. The Hall–Kier alpha value is -2.40. The van der Waals surface area contributed by atoms with Crippen LogP contribution in [0.4, 0.5) is 0 Å². The number of aromatic amines is 2. The van der Waals surface area contributed by atoms with Crippen molar-refractivity contribution in [3.63, 3.8) is 0 Å². The summed E-state index contributed by atoms with van der Waals surface area (Å²) in [5.74, 6) is 1.44. The second kappa shape index (κ2) is 15.5. The van der Waals surface area contributed by atoms with Crippen LogP contribution in [0.3, 0.4) is 0 Å². The van der Waals surface area contributed by atoms with Crippen LogP contribution in [-0.2, 0) is 4.79 Å². The number of nitrogens with one attached hydrogen (secondary N) is 3. The number of carbonyl (C=O) groups is 1. The van der Waals surface area contributed by atoms with Crippen LogP contribution in [-0.4, -0.2) is 67.6 Å². The average molecular weight is 734 g/mol. The Labute approximate surface area is 305 Å². The molecule has 5 N–H and O–H groups in total. The fraction of sp³-hybridized carbons (Fsp3) is 0.595. The summed E-state index contributed by atoms with van der Waals surface area (Å²) in [6, 6.07) is 7.42. The Morgan fingerprint density at radius 3 is 1.65 bits per heavy atom. The molecular formula is C37H51Cl3N6O3. The smallest absolute Gasteiger partial charge is 0.225 e. The maximum Gasteiger partial charge on any atom is 0.225 e. The van der Waals surface area contributed by atoms with Gasteiger partial charge in [0.2, 0.25) is 5.91 Å². The van der Waals surface area contributed by atoms with Crippen LogP contribution in [0.15, 0.2) is 36.7 Å². The summed E-state index contributed by atoms with van der Waals surface area (Å²) >= 11 is 12.5. The third-order valence-corrected chi connectivity index (χ3v) is 12.2. The van der Waals surface area contributed by atoms with Crippen LogP contribution < -0.4 is 5.32 Å². The van der Waals surface area contributed by atoms with Gasteiger partial charge in [-0.3, -0.25) is 15.0 Å². The predicted molar refractivity (Wildman–Crippen MR) is 199 cm³/mol. The van der Waals surface area contributed by atoms with E-state index in [0.29, 0.717) is 27.8 Å². The van der Waals surface area contributed by atoms with Crippen LogP contribution >= 0.6 is 35.6 Å². The van der Waals surface area contributed by atoms with E-state index >= 15 is 0 Å². The Morgan fingerprint density at radius 1 is 0.776 bits per heavy atom. The van der Waals surface area contributed by atoms with Crippen molar-refractivity contribution in [2.45, 2.75) is 84.8 Å². The van der Waals surface area contributed by atoms with Gasteiger partial charge in [0.25, 0.3) is 0 Å². The number of amides is 1. The fourth-order valence-corrected chi connectivity index (χ4v) is 8.57. The lowest BCUT2D eigenvalue weighted by Crippen LogP contribution is -2.46. The number of piperidine rings is 2. The number of nitrogens with zero attached hydrogens (tertiary/aromatic N) is 3. The average Bonchev–Trinajstić information content (AvgIpc) is 3.73. The summed E-state index contributed by atoms with van der Waals surface area (Å²) in [5, 5.41) is 42.9. The number of benzene rings is 2. The highest BCUT2D eigenvalue weighted by Crippen LogP contribution is 2.47. The Balaban J connectivity index is 0.000000193. The van der Waals surface area contributed by atoms with Crippen LogP contribution in [0.5, 0.6) is 0 Å². The van der Waals surface area contributed by atoms with Gasteiger partial charge in [-0.25, -0.2) is 0 Å². The van der Waals surface area contributed by atoms with Gasteiger partial charge in [0.1, 0.15) is 0 Å². The predicted octanol–water partition coefficient (Wildman–Crippen LogP) is 8.01. The molecule has 9 nitrogen and oxygen atoms in total. The van der Waals surface area contributed by atoms with Crippen LogP contribution in [0, 0.1) is 28.6 Å². The molecule has 268 valence electrons. The minimum Gasteiger partial charge on any atom is -0.388 e. The minimum absolute atomic E-state index is 0. The molecule has 0 spiro atoms. The third kappa shape index (κ3) is 7.77. The molecule has 3 aliphatic rings. The minimum atomic E-state index is -0.655. The van der Waals surface area contributed by atoms with E-state index in [-0.39, 0.29) is 29.2 Å². The highest BCUT2D eigenvalue weighted by atomic mass is 35.5. The molecule has 0 radical (unpaired) electrons.